The number of amides is 1. The topological polar surface area (TPSA) is 84.2 Å². The van der Waals surface area contributed by atoms with Gasteiger partial charge >= 0.3 is 5.97 Å². The molecule has 0 saturated heterocycles. The number of imidazole rings is 1. The van der Waals surface area contributed by atoms with Crippen molar-refractivity contribution in [1.82, 2.24) is 14.9 Å². The van der Waals surface area contributed by atoms with Crippen molar-refractivity contribution in [3.8, 4) is 0 Å². The lowest BCUT2D eigenvalue weighted by Crippen LogP contribution is -2.17. The number of nitrogens with zero attached hydrogens (tertiary/aromatic N) is 2. The van der Waals surface area contributed by atoms with Gasteiger partial charge in [-0.2, -0.15) is 0 Å². The molecule has 0 aliphatic heterocycles. The van der Waals surface area contributed by atoms with Crippen LogP contribution in [-0.4, -0.2) is 26.5 Å². The van der Waals surface area contributed by atoms with Gasteiger partial charge in [0, 0.05) is 18.7 Å². The first-order valence-corrected chi connectivity index (χ1v) is 9.63. The number of carbonyl (C=O) groups is 2. The van der Waals surface area contributed by atoms with Gasteiger partial charge in [-0.15, -0.1) is 0 Å². The van der Waals surface area contributed by atoms with Crippen LogP contribution in [0.1, 0.15) is 61.3 Å². The lowest BCUT2D eigenvalue weighted by Gasteiger charge is -2.17. The van der Waals surface area contributed by atoms with Gasteiger partial charge in [0.05, 0.1) is 16.6 Å². The summed E-state index contributed by atoms with van der Waals surface area (Å²) in [6, 6.07) is 5.55. The van der Waals surface area contributed by atoms with Crippen molar-refractivity contribution in [2.75, 3.05) is 0 Å². The summed E-state index contributed by atoms with van der Waals surface area (Å²) < 4.78 is 2.28. The van der Waals surface area contributed by atoms with Crippen molar-refractivity contribution < 1.29 is 14.7 Å². The monoisotopic (exact) mass is 377 g/mol. The van der Waals surface area contributed by atoms with E-state index in [-0.39, 0.29) is 11.5 Å². The zero-order chi connectivity index (χ0) is 19.7. The van der Waals surface area contributed by atoms with Crippen LogP contribution >= 0.6 is 0 Å². The van der Waals surface area contributed by atoms with Crippen molar-refractivity contribution in [2.45, 2.75) is 45.1 Å². The predicted molar refractivity (Wildman–Crippen MR) is 108 cm³/mol. The van der Waals surface area contributed by atoms with E-state index in [9.17, 15) is 14.7 Å². The zero-order valence-corrected chi connectivity index (χ0v) is 15.8. The lowest BCUT2D eigenvalue weighted by molar-refractivity contribution is -0.118. The molecule has 1 saturated carbocycles. The van der Waals surface area contributed by atoms with Crippen LogP contribution in [0.15, 0.2) is 48.2 Å². The van der Waals surface area contributed by atoms with Crippen molar-refractivity contribution in [2.24, 2.45) is 0 Å². The fourth-order valence-electron chi connectivity index (χ4n) is 4.07. The summed E-state index contributed by atoms with van der Waals surface area (Å²) in [6.45, 7) is 1.49. The van der Waals surface area contributed by atoms with Crippen molar-refractivity contribution >= 4 is 28.5 Å². The van der Waals surface area contributed by atoms with Gasteiger partial charge in [-0.05, 0) is 55.2 Å². The van der Waals surface area contributed by atoms with E-state index in [1.165, 1.54) is 19.8 Å². The van der Waals surface area contributed by atoms with Gasteiger partial charge in [0.1, 0.15) is 5.82 Å². The van der Waals surface area contributed by atoms with Crippen LogP contribution in [0, 0.1) is 0 Å². The maximum Gasteiger partial charge on any atom is 0.335 e. The number of aromatic nitrogens is 2. The number of carboxylic acid groups (broad SMARTS) is 1. The molecule has 0 spiro atoms. The summed E-state index contributed by atoms with van der Waals surface area (Å²) in [7, 11) is 0. The van der Waals surface area contributed by atoms with Crippen molar-refractivity contribution in [3.63, 3.8) is 0 Å². The van der Waals surface area contributed by atoms with Crippen LogP contribution in [0.4, 0.5) is 0 Å². The number of rotatable bonds is 4. The number of hydrogen-bond donors (Lipinski definition) is 2. The lowest BCUT2D eigenvalue weighted by atomic mass is 10.1. The molecule has 1 fully saturated rings. The molecule has 2 N–H and O–H groups in total. The number of allylic oxidation sites excluding steroid dienone is 5. The SMILES string of the molecule is CC(=O)NC1=CC=C(c2nc3cc(C(=O)O)ccc3n2C2CCCC2)CC=C1. The molecule has 1 amide bonds. The second-order valence-corrected chi connectivity index (χ2v) is 7.35. The summed E-state index contributed by atoms with van der Waals surface area (Å²) in [6.07, 6.45) is 13.1. The van der Waals surface area contributed by atoms with Gasteiger partial charge in [-0.25, -0.2) is 9.78 Å². The van der Waals surface area contributed by atoms with Crippen LogP contribution in [-0.2, 0) is 4.79 Å². The summed E-state index contributed by atoms with van der Waals surface area (Å²) in [5, 5.41) is 12.1. The third kappa shape index (κ3) is 3.50. The van der Waals surface area contributed by atoms with Gasteiger partial charge < -0.3 is 15.0 Å². The molecular formula is C22H23N3O3. The third-order valence-corrected chi connectivity index (χ3v) is 5.33. The molecule has 0 bridgehead atoms. The number of fused-ring (bicyclic) bond motifs is 1. The van der Waals surface area contributed by atoms with Crippen molar-refractivity contribution in [1.29, 1.82) is 0 Å². The van der Waals surface area contributed by atoms with Crippen LogP contribution in [0.3, 0.4) is 0 Å². The second-order valence-electron chi connectivity index (χ2n) is 7.35. The Balaban J connectivity index is 1.83. The molecule has 0 radical (unpaired) electrons. The molecular weight excluding hydrogens is 354 g/mol. The van der Waals surface area contributed by atoms with E-state index < -0.39 is 5.97 Å². The highest BCUT2D eigenvalue weighted by atomic mass is 16.4. The smallest absolute Gasteiger partial charge is 0.335 e. The van der Waals surface area contributed by atoms with E-state index in [0.717, 1.165) is 35.5 Å². The Hall–Kier alpha value is -3.15. The number of hydrogen-bond acceptors (Lipinski definition) is 3. The Morgan fingerprint density at radius 1 is 1.21 bits per heavy atom. The van der Waals surface area contributed by atoms with Crippen LogP contribution in [0.25, 0.3) is 16.6 Å². The highest BCUT2D eigenvalue weighted by Gasteiger charge is 2.24. The molecule has 1 heterocycles. The number of nitrogens with one attached hydrogen (secondary N) is 1. The molecule has 1 aromatic carbocycles. The van der Waals surface area contributed by atoms with E-state index in [0.29, 0.717) is 18.0 Å². The van der Waals surface area contributed by atoms with Crippen LogP contribution < -0.4 is 5.32 Å². The normalized spacial score (nSPS) is 17.3. The Labute approximate surface area is 163 Å². The highest BCUT2D eigenvalue weighted by molar-refractivity contribution is 5.93. The average Bonchev–Trinajstić information content (AvgIpc) is 3.24. The van der Waals surface area contributed by atoms with E-state index in [4.69, 9.17) is 4.98 Å². The maximum absolute atomic E-state index is 11.4. The quantitative estimate of drug-likeness (QED) is 0.836. The Morgan fingerprint density at radius 3 is 2.71 bits per heavy atom. The average molecular weight is 377 g/mol. The fraction of sp³-hybridized carbons (Fsp3) is 0.318. The molecule has 2 aliphatic rings. The third-order valence-electron chi connectivity index (χ3n) is 5.33. The largest absolute Gasteiger partial charge is 0.478 e. The Bertz CT molecular complexity index is 1040. The highest BCUT2D eigenvalue weighted by Crippen LogP contribution is 2.36. The van der Waals surface area contributed by atoms with E-state index in [1.807, 2.05) is 30.4 Å². The summed E-state index contributed by atoms with van der Waals surface area (Å²) in [5.74, 6) is -0.167. The number of benzene rings is 1. The van der Waals surface area contributed by atoms with E-state index >= 15 is 0 Å². The van der Waals surface area contributed by atoms with Gasteiger partial charge in [0.2, 0.25) is 5.91 Å². The van der Waals surface area contributed by atoms with Crippen molar-refractivity contribution in [3.05, 3.63) is 59.6 Å². The van der Waals surface area contributed by atoms with Crippen LogP contribution in [0.2, 0.25) is 0 Å². The minimum Gasteiger partial charge on any atom is -0.478 e. The summed E-state index contributed by atoms with van der Waals surface area (Å²) in [5.41, 5.74) is 3.74. The number of aromatic carboxylic acids is 1. The first-order chi connectivity index (χ1) is 13.5. The zero-order valence-electron chi connectivity index (χ0n) is 15.8. The maximum atomic E-state index is 11.4. The molecule has 1 aromatic heterocycles. The Morgan fingerprint density at radius 2 is 2.00 bits per heavy atom. The first-order valence-electron chi connectivity index (χ1n) is 9.63. The number of carbonyl (C=O) groups excluding carboxylic acids is 1. The fourth-order valence-corrected chi connectivity index (χ4v) is 4.07. The molecule has 0 unspecified atom stereocenters. The minimum absolute atomic E-state index is 0.104. The molecule has 4 rings (SSSR count). The minimum atomic E-state index is -0.946. The molecule has 2 aliphatic carbocycles. The Kier molecular flexibility index (Phi) is 4.86. The van der Waals surface area contributed by atoms with Crippen LogP contribution in [0.5, 0.6) is 0 Å². The molecule has 2 aromatic rings. The second kappa shape index (κ2) is 7.46. The predicted octanol–water partition coefficient (Wildman–Crippen LogP) is 4.21. The van der Waals surface area contributed by atoms with Gasteiger partial charge in [0.25, 0.3) is 0 Å². The van der Waals surface area contributed by atoms with E-state index in [1.54, 1.807) is 12.1 Å². The summed E-state index contributed by atoms with van der Waals surface area (Å²) >= 11 is 0. The summed E-state index contributed by atoms with van der Waals surface area (Å²) in [4.78, 5) is 27.5. The molecule has 144 valence electrons. The molecule has 6 nitrogen and oxygen atoms in total. The molecule has 28 heavy (non-hydrogen) atoms. The number of carboxylic acids is 1. The molecule has 6 heteroatoms. The van der Waals surface area contributed by atoms with Gasteiger partial charge in [-0.3, -0.25) is 4.79 Å². The van der Waals surface area contributed by atoms with Gasteiger partial charge in [-0.1, -0.05) is 25.0 Å². The first kappa shape index (κ1) is 18.2. The van der Waals surface area contributed by atoms with Gasteiger partial charge in [0.15, 0.2) is 0 Å². The standard InChI is InChI=1S/C22H23N3O3/c1-14(26)23-17-6-4-5-15(9-11-17)21-24-19-13-16(22(27)28)10-12-20(19)25(21)18-7-2-3-8-18/h4,6,9-13,18H,2-3,5,7-8H2,1H3,(H,23,26)(H,27,28). The van der Waals surface area contributed by atoms with E-state index in [2.05, 4.69) is 9.88 Å². The molecule has 0 atom stereocenters.